The van der Waals surface area contributed by atoms with Crippen LogP contribution in [-0.2, 0) is 13.6 Å². The highest BCUT2D eigenvalue weighted by Crippen LogP contribution is 2.25. The quantitative estimate of drug-likeness (QED) is 0.684. The van der Waals surface area contributed by atoms with Crippen LogP contribution in [0.4, 0.5) is 0 Å². The van der Waals surface area contributed by atoms with Crippen LogP contribution in [0.1, 0.15) is 28.5 Å². The summed E-state index contributed by atoms with van der Waals surface area (Å²) in [4.78, 5) is 17.3. The van der Waals surface area contributed by atoms with E-state index in [1.54, 1.807) is 17.9 Å². The number of hydrogen-bond acceptors (Lipinski definition) is 3. The van der Waals surface area contributed by atoms with Gasteiger partial charge in [0.1, 0.15) is 10.3 Å². The molecule has 0 aliphatic carbocycles. The van der Waals surface area contributed by atoms with Crippen molar-refractivity contribution in [3.8, 4) is 0 Å². The first kappa shape index (κ1) is 14.0. The van der Waals surface area contributed by atoms with E-state index in [-0.39, 0.29) is 5.78 Å². The summed E-state index contributed by atoms with van der Waals surface area (Å²) in [5, 5.41) is 5.05. The van der Waals surface area contributed by atoms with Gasteiger partial charge in [0.25, 0.3) is 0 Å². The summed E-state index contributed by atoms with van der Waals surface area (Å²) in [7, 11) is 1.79. The van der Waals surface area contributed by atoms with Crippen molar-refractivity contribution in [1.29, 1.82) is 0 Å². The lowest BCUT2D eigenvalue weighted by Gasteiger charge is -1.99. The SMILES string of the molecule is CCn1cc(C(=O)c2cn(C)nc2Br)c2ccc(C)nc21. The number of rotatable bonds is 3. The van der Waals surface area contributed by atoms with Gasteiger partial charge in [-0.1, -0.05) is 0 Å². The molecule has 0 spiro atoms. The fourth-order valence-electron chi connectivity index (χ4n) is 2.44. The predicted octanol–water partition coefficient (Wildman–Crippen LogP) is 3.09. The average Bonchev–Trinajstić information content (AvgIpc) is 2.97. The maximum absolute atomic E-state index is 12.8. The predicted molar refractivity (Wildman–Crippen MR) is 84.5 cm³/mol. The summed E-state index contributed by atoms with van der Waals surface area (Å²) in [6, 6.07) is 3.89. The van der Waals surface area contributed by atoms with Gasteiger partial charge in [-0.2, -0.15) is 5.10 Å². The maximum Gasteiger partial charge on any atom is 0.199 e. The molecule has 3 heterocycles. The highest BCUT2D eigenvalue weighted by Gasteiger charge is 2.21. The lowest BCUT2D eigenvalue weighted by molar-refractivity contribution is 0.103. The van der Waals surface area contributed by atoms with Crippen molar-refractivity contribution in [2.75, 3.05) is 0 Å². The van der Waals surface area contributed by atoms with Gasteiger partial charge in [0, 0.05) is 42.6 Å². The largest absolute Gasteiger partial charge is 0.332 e. The van der Waals surface area contributed by atoms with Gasteiger partial charge in [-0.25, -0.2) is 4.98 Å². The number of aromatic nitrogens is 4. The first-order chi connectivity index (χ1) is 10.0. The van der Waals surface area contributed by atoms with Crippen LogP contribution in [0.3, 0.4) is 0 Å². The van der Waals surface area contributed by atoms with Gasteiger partial charge in [0.2, 0.25) is 0 Å². The van der Waals surface area contributed by atoms with Gasteiger partial charge in [-0.3, -0.25) is 9.48 Å². The van der Waals surface area contributed by atoms with Crippen LogP contribution in [0.5, 0.6) is 0 Å². The minimum atomic E-state index is -0.0437. The summed E-state index contributed by atoms with van der Waals surface area (Å²) in [6.45, 7) is 4.76. The molecule has 3 aromatic heterocycles. The van der Waals surface area contributed by atoms with E-state index in [1.807, 2.05) is 36.7 Å². The van der Waals surface area contributed by atoms with Crippen molar-refractivity contribution in [3.63, 3.8) is 0 Å². The van der Waals surface area contributed by atoms with Crippen LogP contribution in [0.15, 0.2) is 29.1 Å². The van der Waals surface area contributed by atoms with Crippen molar-refractivity contribution in [3.05, 3.63) is 46.0 Å². The van der Waals surface area contributed by atoms with E-state index in [2.05, 4.69) is 26.0 Å². The molecule has 0 fully saturated rings. The Morgan fingerprint density at radius 2 is 2.05 bits per heavy atom. The van der Waals surface area contributed by atoms with Gasteiger partial charge >= 0.3 is 0 Å². The molecule has 3 aromatic rings. The number of carbonyl (C=O) groups is 1. The van der Waals surface area contributed by atoms with Crippen LogP contribution in [0.2, 0.25) is 0 Å². The summed E-state index contributed by atoms with van der Waals surface area (Å²) < 4.78 is 4.19. The van der Waals surface area contributed by atoms with Crippen LogP contribution >= 0.6 is 15.9 Å². The molecular formula is C15H15BrN4O. The minimum Gasteiger partial charge on any atom is -0.332 e. The minimum absolute atomic E-state index is 0.0437. The third-order valence-corrected chi connectivity index (χ3v) is 4.06. The van der Waals surface area contributed by atoms with Gasteiger partial charge in [-0.05, 0) is 41.9 Å². The normalized spacial score (nSPS) is 11.2. The Kier molecular flexibility index (Phi) is 3.41. The topological polar surface area (TPSA) is 52.7 Å². The summed E-state index contributed by atoms with van der Waals surface area (Å²) in [5.41, 5.74) is 3.01. The zero-order valence-corrected chi connectivity index (χ0v) is 13.7. The van der Waals surface area contributed by atoms with E-state index in [9.17, 15) is 4.79 Å². The Bertz CT molecular complexity index is 847. The van der Waals surface area contributed by atoms with E-state index >= 15 is 0 Å². The number of fused-ring (bicyclic) bond motifs is 1. The van der Waals surface area contributed by atoms with E-state index in [4.69, 9.17) is 0 Å². The van der Waals surface area contributed by atoms with Gasteiger partial charge in [-0.15, -0.1) is 0 Å². The maximum atomic E-state index is 12.8. The second-order valence-electron chi connectivity index (χ2n) is 4.99. The number of ketones is 1. The van der Waals surface area contributed by atoms with Crippen LogP contribution < -0.4 is 0 Å². The third kappa shape index (κ3) is 2.29. The summed E-state index contributed by atoms with van der Waals surface area (Å²) in [5.74, 6) is -0.0437. The number of nitrogens with zero attached hydrogens (tertiary/aromatic N) is 4. The number of aryl methyl sites for hydroxylation is 3. The van der Waals surface area contributed by atoms with E-state index < -0.39 is 0 Å². The molecule has 0 N–H and O–H groups in total. The number of carbonyl (C=O) groups excluding carboxylic acids is 1. The first-order valence-corrected chi connectivity index (χ1v) is 7.51. The first-order valence-electron chi connectivity index (χ1n) is 6.71. The molecule has 0 saturated carbocycles. The Morgan fingerprint density at radius 3 is 2.67 bits per heavy atom. The lowest BCUT2D eigenvalue weighted by Crippen LogP contribution is -2.00. The molecule has 21 heavy (non-hydrogen) atoms. The molecule has 108 valence electrons. The van der Waals surface area contributed by atoms with Gasteiger partial charge in [0.15, 0.2) is 5.78 Å². The van der Waals surface area contributed by atoms with Crippen molar-refractivity contribution in [1.82, 2.24) is 19.3 Å². The monoisotopic (exact) mass is 346 g/mol. The van der Waals surface area contributed by atoms with Crippen LogP contribution in [0, 0.1) is 6.92 Å². The molecule has 0 aliphatic heterocycles. The number of pyridine rings is 1. The standard InChI is InChI=1S/C15H15BrN4O/c1-4-20-8-11(10-6-5-9(2)17-15(10)20)13(21)12-7-19(3)18-14(12)16/h5-8H,4H2,1-3H3. The van der Waals surface area contributed by atoms with Crippen molar-refractivity contribution < 1.29 is 4.79 Å². The van der Waals surface area contributed by atoms with Gasteiger partial charge in [0.05, 0.1) is 5.56 Å². The lowest BCUT2D eigenvalue weighted by atomic mass is 10.1. The molecule has 0 bridgehead atoms. The molecule has 0 atom stereocenters. The highest BCUT2D eigenvalue weighted by atomic mass is 79.9. The smallest absolute Gasteiger partial charge is 0.199 e. The third-order valence-electron chi connectivity index (χ3n) is 3.48. The molecule has 0 aromatic carbocycles. The summed E-state index contributed by atoms with van der Waals surface area (Å²) >= 11 is 3.34. The Morgan fingerprint density at radius 1 is 1.29 bits per heavy atom. The number of halogens is 1. The Balaban J connectivity index is 2.21. The molecule has 0 saturated heterocycles. The molecule has 0 aliphatic rings. The van der Waals surface area contributed by atoms with Crippen molar-refractivity contribution in [2.45, 2.75) is 20.4 Å². The highest BCUT2D eigenvalue weighted by molar-refractivity contribution is 9.10. The molecule has 0 radical (unpaired) electrons. The molecular weight excluding hydrogens is 332 g/mol. The fraction of sp³-hybridized carbons (Fsp3) is 0.267. The molecule has 0 unspecified atom stereocenters. The second kappa shape index (κ2) is 5.11. The fourth-order valence-corrected chi connectivity index (χ4v) is 2.97. The van der Waals surface area contributed by atoms with E-state index in [0.717, 1.165) is 23.3 Å². The number of hydrogen-bond donors (Lipinski definition) is 0. The Hall–Kier alpha value is -1.95. The molecule has 0 amide bonds. The summed E-state index contributed by atoms with van der Waals surface area (Å²) in [6.07, 6.45) is 3.60. The van der Waals surface area contributed by atoms with Gasteiger partial charge < -0.3 is 4.57 Å². The van der Waals surface area contributed by atoms with E-state index in [0.29, 0.717) is 15.7 Å². The van der Waals surface area contributed by atoms with E-state index in [1.165, 1.54) is 0 Å². The average molecular weight is 347 g/mol. The zero-order valence-electron chi connectivity index (χ0n) is 12.1. The second-order valence-corrected chi connectivity index (χ2v) is 5.74. The van der Waals surface area contributed by atoms with Crippen molar-refractivity contribution >= 4 is 32.7 Å². The molecule has 6 heteroatoms. The molecule has 5 nitrogen and oxygen atoms in total. The Labute approximate surface area is 130 Å². The molecule has 3 rings (SSSR count). The van der Waals surface area contributed by atoms with Crippen LogP contribution in [0.25, 0.3) is 11.0 Å². The zero-order chi connectivity index (χ0) is 15.1. The van der Waals surface area contributed by atoms with Crippen LogP contribution in [-0.4, -0.2) is 25.1 Å². The van der Waals surface area contributed by atoms with Crippen molar-refractivity contribution in [2.24, 2.45) is 7.05 Å².